The van der Waals surface area contributed by atoms with Gasteiger partial charge in [-0.15, -0.1) is 11.3 Å². The number of furan rings is 1. The molecular formula is C96H149N11OS. The molecule has 5 aromatic carbocycles. The summed E-state index contributed by atoms with van der Waals surface area (Å²) < 4.78 is 5.08. The highest BCUT2D eigenvalue weighted by atomic mass is 32.1. The van der Waals surface area contributed by atoms with Gasteiger partial charge in [-0.25, -0.2) is 44.9 Å². The number of rotatable bonds is 0. The highest BCUT2D eigenvalue weighted by molar-refractivity contribution is 7.11. The normalized spacial score (nSPS) is 9.22. The predicted octanol–water partition coefficient (Wildman–Crippen LogP) is 28.9. The van der Waals surface area contributed by atoms with Crippen LogP contribution in [-0.2, 0) is 6.42 Å². The Morgan fingerprint density at radius 2 is 0.651 bits per heavy atom. The van der Waals surface area contributed by atoms with E-state index in [0.717, 1.165) is 74.8 Å². The molecule has 0 atom stereocenters. The lowest BCUT2D eigenvalue weighted by Crippen LogP contribution is -1.97. The third kappa shape index (κ3) is 54.0. The monoisotopic (exact) mass is 1500 g/mol. The average Bonchev–Trinajstić information content (AvgIpc) is 1.47. The van der Waals surface area contributed by atoms with E-state index in [1.165, 1.54) is 88.7 Å². The van der Waals surface area contributed by atoms with E-state index in [9.17, 15) is 0 Å². The number of hydrogen-bond donors (Lipinski definition) is 0. The zero-order valence-corrected chi connectivity index (χ0v) is 76.6. The molecule has 13 heteroatoms. The minimum Gasteiger partial charge on any atom is -0.467 e. The minimum atomic E-state index is 0.792. The van der Waals surface area contributed by atoms with Crippen molar-refractivity contribution in [1.29, 1.82) is 0 Å². The Kier molecular flexibility index (Phi) is 72.6. The zero-order chi connectivity index (χ0) is 85.0. The first kappa shape index (κ1) is 111. The molecule has 0 spiro atoms. The average molecular weight is 1510 g/mol. The Bertz CT molecular complexity index is 3700. The molecule has 1 aliphatic rings. The second-order valence-electron chi connectivity index (χ2n) is 22.6. The van der Waals surface area contributed by atoms with Crippen molar-refractivity contribution < 1.29 is 4.42 Å². The van der Waals surface area contributed by atoms with E-state index in [2.05, 4.69) is 219 Å². The first-order valence-electron chi connectivity index (χ1n) is 39.7. The summed E-state index contributed by atoms with van der Waals surface area (Å²) in [4.78, 5) is 46.7. The van der Waals surface area contributed by atoms with Crippen molar-refractivity contribution in [3.05, 3.63) is 294 Å². The van der Waals surface area contributed by atoms with Crippen molar-refractivity contribution >= 4 is 39.0 Å². The highest BCUT2D eigenvalue weighted by Gasteiger charge is 2.07. The van der Waals surface area contributed by atoms with E-state index in [1.54, 1.807) is 31.1 Å². The quantitative estimate of drug-likeness (QED) is 0.142. The second kappa shape index (κ2) is 71.6. The fourth-order valence-electron chi connectivity index (χ4n) is 9.20. The molecular weight excluding hydrogens is 1360 g/mol. The lowest BCUT2D eigenvalue weighted by Gasteiger charge is -2.13. The molecule has 0 unspecified atom stereocenters. The van der Waals surface area contributed by atoms with Gasteiger partial charge in [0.2, 0.25) is 0 Å². The van der Waals surface area contributed by atoms with Crippen LogP contribution in [0.1, 0.15) is 261 Å². The van der Waals surface area contributed by atoms with Crippen LogP contribution in [0.25, 0.3) is 27.6 Å². The zero-order valence-electron chi connectivity index (χ0n) is 75.8. The van der Waals surface area contributed by atoms with Crippen LogP contribution in [0.15, 0.2) is 175 Å². The summed E-state index contributed by atoms with van der Waals surface area (Å²) in [5.74, 6) is 6.02. The Balaban J connectivity index is -0.000000265. The SMILES string of the molecule is CC.CC.CC.CC.CC.CC.CC.CC.CC.CC1=Cc2ccc(C)cc2CC1.Cc1cc(C)ncn1.Cc1ccc(C)c2ccccc12.Cc1ccc(C)o1.Cc1ccc(C)s1.Cc1cccc2c(C)cccc12.Cc1ccnc(C)n1.Cc1ccnc(C)n1.Cc1cncc(C)n1.Cc1nc(C)nc(C)n1. The van der Waals surface area contributed by atoms with Gasteiger partial charge < -0.3 is 4.42 Å². The minimum absolute atomic E-state index is 0.792. The van der Waals surface area contributed by atoms with Crippen molar-refractivity contribution in [3.8, 4) is 0 Å². The third-order valence-corrected chi connectivity index (χ3v) is 14.5. The Labute approximate surface area is 670 Å². The molecule has 0 saturated heterocycles. The molecule has 109 heavy (non-hydrogen) atoms. The summed E-state index contributed by atoms with van der Waals surface area (Å²) in [5, 5.41) is 5.49. The maximum Gasteiger partial charge on any atom is 0.129 e. The number of aromatic nitrogens is 11. The maximum atomic E-state index is 5.08. The maximum absolute atomic E-state index is 5.08. The molecule has 0 amide bonds. The van der Waals surface area contributed by atoms with Crippen molar-refractivity contribution in [2.24, 2.45) is 0 Å². The van der Waals surface area contributed by atoms with Gasteiger partial charge in [0.15, 0.2) is 0 Å². The molecule has 600 valence electrons. The standard InChI is InChI=1S/C12H14.2C12H12.C6H9N3.4C6H8N2.C6H8O.C6H8S.9C2H6/c1-9-3-5-12-8-10(2)4-6-11(12)7-9;1-9-5-3-8-12-10(2)6-4-7-11(9)12;1-9-7-8-10(2)12-6-4-3-5-11(9)12;1-4-7-5(2)9-6(3)8-4;1-5-3-7-4-6(2)8-5;1-5-3-6(2)8-4-7-5;2*1-5-3-4-7-6(2)8-5;2*1-5-3-4-6(2)7-5;9*1-2/h3,5,7-8H,4,6H2,1-2H3;2*3-8H,1-2H3;1-3H3;4*3-4H,1-2H3;2*3-4H,1-2H3;9*1-2H3. The summed E-state index contributed by atoms with van der Waals surface area (Å²) in [6.45, 7) is 78.1. The predicted molar refractivity (Wildman–Crippen MR) is 484 cm³/mol. The Morgan fingerprint density at radius 3 is 0.927 bits per heavy atom. The van der Waals surface area contributed by atoms with E-state index in [1.807, 2.05) is 256 Å². The van der Waals surface area contributed by atoms with Crippen LogP contribution in [0.4, 0.5) is 0 Å². The van der Waals surface area contributed by atoms with Crippen molar-refractivity contribution in [2.75, 3.05) is 0 Å². The lowest BCUT2D eigenvalue weighted by molar-refractivity contribution is 0.504. The number of benzene rings is 5. The van der Waals surface area contributed by atoms with Crippen LogP contribution in [0.5, 0.6) is 0 Å². The Morgan fingerprint density at radius 1 is 0.294 bits per heavy atom. The van der Waals surface area contributed by atoms with Gasteiger partial charge in [-0.05, 0) is 256 Å². The van der Waals surface area contributed by atoms with Crippen molar-refractivity contribution in [3.63, 3.8) is 0 Å². The smallest absolute Gasteiger partial charge is 0.129 e. The van der Waals surface area contributed by atoms with Gasteiger partial charge in [-0.1, -0.05) is 233 Å². The fourth-order valence-corrected chi connectivity index (χ4v) is 9.98. The molecule has 0 aliphatic heterocycles. The summed E-state index contributed by atoms with van der Waals surface area (Å²) in [7, 11) is 0. The lowest BCUT2D eigenvalue weighted by atomic mass is 9.92. The molecule has 0 N–H and O–H groups in total. The van der Waals surface area contributed by atoms with Gasteiger partial charge in [0.05, 0.1) is 11.4 Å². The molecule has 12 aromatic rings. The van der Waals surface area contributed by atoms with Crippen LogP contribution in [0, 0.1) is 138 Å². The number of thiophene rings is 1. The molecule has 13 rings (SSSR count). The first-order chi connectivity index (χ1) is 52.2. The van der Waals surface area contributed by atoms with Gasteiger partial charge >= 0.3 is 0 Å². The highest BCUT2D eigenvalue weighted by Crippen LogP contribution is 2.25. The van der Waals surface area contributed by atoms with Crippen molar-refractivity contribution in [2.45, 2.75) is 283 Å². The molecule has 1 aliphatic carbocycles. The number of aryl methyl sites for hydroxylation is 21. The van der Waals surface area contributed by atoms with E-state index in [-0.39, 0.29) is 0 Å². The summed E-state index contributed by atoms with van der Waals surface area (Å²) in [6.07, 6.45) is 13.3. The molecule has 7 aromatic heterocycles. The van der Waals surface area contributed by atoms with Gasteiger partial charge in [-0.2, -0.15) is 0 Å². The number of hydrogen-bond acceptors (Lipinski definition) is 13. The summed E-state index contributed by atoms with van der Waals surface area (Å²) in [5.41, 5.74) is 17.3. The fraction of sp³-hybridized carbons (Fsp3) is 0.427. The van der Waals surface area contributed by atoms with Crippen LogP contribution >= 0.6 is 11.3 Å². The van der Waals surface area contributed by atoms with Gasteiger partial charge in [0, 0.05) is 57.3 Å². The van der Waals surface area contributed by atoms with Gasteiger partial charge in [0.1, 0.15) is 47.0 Å². The second-order valence-corrected chi connectivity index (χ2v) is 24.1. The molecule has 0 radical (unpaired) electrons. The topological polar surface area (TPSA) is 155 Å². The van der Waals surface area contributed by atoms with E-state index >= 15 is 0 Å². The summed E-state index contributed by atoms with van der Waals surface area (Å²) >= 11 is 1.84. The number of nitrogens with zero attached hydrogens (tertiary/aromatic N) is 11. The first-order valence-corrected chi connectivity index (χ1v) is 40.5. The van der Waals surface area contributed by atoms with Crippen LogP contribution in [0.3, 0.4) is 0 Å². The Hall–Kier alpha value is -9.33. The number of allylic oxidation sites excluding steroid dienone is 1. The van der Waals surface area contributed by atoms with Gasteiger partial charge in [-0.3, -0.25) is 9.97 Å². The largest absolute Gasteiger partial charge is 0.467 e. The van der Waals surface area contributed by atoms with Crippen LogP contribution in [0.2, 0.25) is 0 Å². The van der Waals surface area contributed by atoms with E-state index in [0.29, 0.717) is 0 Å². The molecule has 12 nitrogen and oxygen atoms in total. The molecule has 0 bridgehead atoms. The van der Waals surface area contributed by atoms with Crippen LogP contribution < -0.4 is 0 Å². The number of fused-ring (bicyclic) bond motifs is 3. The molecule has 0 saturated carbocycles. The van der Waals surface area contributed by atoms with Crippen molar-refractivity contribution in [1.82, 2.24) is 54.8 Å². The van der Waals surface area contributed by atoms with E-state index < -0.39 is 0 Å². The van der Waals surface area contributed by atoms with Crippen LogP contribution in [-0.4, -0.2) is 54.8 Å². The third-order valence-electron chi connectivity index (χ3n) is 13.6. The van der Waals surface area contributed by atoms with E-state index in [4.69, 9.17) is 4.42 Å². The molecule has 7 heterocycles. The van der Waals surface area contributed by atoms with Gasteiger partial charge in [0.25, 0.3) is 0 Å². The summed E-state index contributed by atoms with van der Waals surface area (Å²) in [6, 6.07) is 46.4. The molecule has 0 fully saturated rings.